The zero-order chi connectivity index (χ0) is 18.5. The van der Waals surface area contributed by atoms with Crippen LogP contribution in [0, 0.1) is 6.92 Å². The van der Waals surface area contributed by atoms with Crippen LogP contribution >= 0.6 is 0 Å². The van der Waals surface area contributed by atoms with E-state index in [1.54, 1.807) is 6.33 Å². The Balaban J connectivity index is 1.50. The molecule has 1 amide bonds. The average Bonchev–Trinajstić information content (AvgIpc) is 3.31. The van der Waals surface area contributed by atoms with Gasteiger partial charge in [-0.1, -0.05) is 6.07 Å². The second-order valence-corrected chi connectivity index (χ2v) is 7.65. The fourth-order valence-electron chi connectivity index (χ4n) is 4.88. The highest BCUT2D eigenvalue weighted by Gasteiger charge is 2.41. The largest absolute Gasteiger partial charge is 0.345 e. The van der Waals surface area contributed by atoms with Crippen LogP contribution in [0.4, 0.5) is 5.69 Å². The lowest BCUT2D eigenvalue weighted by molar-refractivity contribution is 0.0595. The predicted octanol–water partition coefficient (Wildman–Crippen LogP) is 4.15. The van der Waals surface area contributed by atoms with E-state index in [0.717, 1.165) is 53.7 Å². The summed E-state index contributed by atoms with van der Waals surface area (Å²) in [6.45, 7) is 6.48. The Morgan fingerprint density at radius 2 is 2.22 bits per heavy atom. The van der Waals surface area contributed by atoms with Gasteiger partial charge in [0.25, 0.3) is 5.91 Å². The van der Waals surface area contributed by atoms with Crippen LogP contribution in [0.25, 0.3) is 11.0 Å². The maximum absolute atomic E-state index is 13.4. The van der Waals surface area contributed by atoms with Crippen LogP contribution in [0.15, 0.2) is 41.7 Å². The van der Waals surface area contributed by atoms with E-state index >= 15 is 0 Å². The van der Waals surface area contributed by atoms with Gasteiger partial charge in [-0.15, -0.1) is 0 Å². The molecule has 2 aromatic carbocycles. The number of carbonyl (C=O) groups is 1. The number of carbonyl (C=O) groups excluding carboxylic acids is 1. The second-order valence-electron chi connectivity index (χ2n) is 7.65. The molecule has 2 heterocycles. The number of amides is 1. The topological polar surface area (TPSA) is 61.4 Å². The van der Waals surface area contributed by atoms with Crippen molar-refractivity contribution in [2.75, 3.05) is 6.54 Å². The van der Waals surface area contributed by atoms with Crippen LogP contribution in [0.2, 0.25) is 0 Å². The summed E-state index contributed by atoms with van der Waals surface area (Å²) in [7, 11) is 0. The van der Waals surface area contributed by atoms with Gasteiger partial charge in [-0.3, -0.25) is 9.79 Å². The molecule has 5 rings (SSSR count). The molecule has 136 valence electrons. The summed E-state index contributed by atoms with van der Waals surface area (Å²) < 4.78 is 0. The first-order valence-corrected chi connectivity index (χ1v) is 9.50. The van der Waals surface area contributed by atoms with Crippen LogP contribution in [0.1, 0.15) is 45.8 Å². The summed E-state index contributed by atoms with van der Waals surface area (Å²) in [5.41, 5.74) is 7.23. The molecular weight excluding hydrogens is 336 g/mol. The summed E-state index contributed by atoms with van der Waals surface area (Å²) in [5.74, 6) is 0.524. The molecule has 0 saturated carbocycles. The molecule has 5 heteroatoms. The SMILES string of the molecule is C=Nc1ccc2c(c1)[C@H]1CCCN(C(=O)c3cc(C)c4nc[nH]c4c3)[C@H]1C2. The Bertz CT molecular complexity index is 1070. The Morgan fingerprint density at radius 3 is 3.07 bits per heavy atom. The van der Waals surface area contributed by atoms with Gasteiger partial charge >= 0.3 is 0 Å². The van der Waals surface area contributed by atoms with Crippen molar-refractivity contribution in [3.63, 3.8) is 0 Å². The van der Waals surface area contributed by atoms with E-state index in [4.69, 9.17) is 0 Å². The number of aliphatic imine (C=N–C) groups is 1. The van der Waals surface area contributed by atoms with E-state index in [0.29, 0.717) is 5.92 Å². The van der Waals surface area contributed by atoms with Crippen molar-refractivity contribution in [2.24, 2.45) is 4.99 Å². The number of fused-ring (bicyclic) bond motifs is 4. The Hall–Kier alpha value is -2.95. The lowest BCUT2D eigenvalue weighted by atomic mass is 9.88. The molecule has 2 aliphatic rings. The molecular formula is C22H22N4O. The van der Waals surface area contributed by atoms with Crippen LogP contribution in [0.3, 0.4) is 0 Å². The highest BCUT2D eigenvalue weighted by Crippen LogP contribution is 2.43. The fraction of sp³-hybridized carbons (Fsp3) is 0.318. The zero-order valence-corrected chi connectivity index (χ0v) is 15.4. The first kappa shape index (κ1) is 16.2. The van der Waals surface area contributed by atoms with Crippen LogP contribution in [-0.2, 0) is 6.42 Å². The maximum atomic E-state index is 13.4. The molecule has 0 unspecified atom stereocenters. The maximum Gasteiger partial charge on any atom is 0.254 e. The van der Waals surface area contributed by atoms with Gasteiger partial charge < -0.3 is 9.88 Å². The number of nitrogens with zero attached hydrogens (tertiary/aromatic N) is 3. The molecule has 1 aliphatic carbocycles. The van der Waals surface area contributed by atoms with Crippen molar-refractivity contribution < 1.29 is 4.79 Å². The number of rotatable bonds is 2. The smallest absolute Gasteiger partial charge is 0.254 e. The van der Waals surface area contributed by atoms with E-state index in [-0.39, 0.29) is 11.9 Å². The number of aromatic nitrogens is 2. The van der Waals surface area contributed by atoms with E-state index in [9.17, 15) is 4.79 Å². The van der Waals surface area contributed by atoms with Gasteiger partial charge in [-0.2, -0.15) is 0 Å². The number of nitrogens with one attached hydrogen (secondary N) is 1. The monoisotopic (exact) mass is 358 g/mol. The predicted molar refractivity (Wildman–Crippen MR) is 107 cm³/mol. The second kappa shape index (κ2) is 6.05. The van der Waals surface area contributed by atoms with E-state index in [2.05, 4.69) is 38.7 Å². The van der Waals surface area contributed by atoms with Gasteiger partial charge in [0.2, 0.25) is 0 Å². The summed E-state index contributed by atoms with van der Waals surface area (Å²) in [6, 6.07) is 10.5. The molecule has 1 aromatic heterocycles. The molecule has 0 radical (unpaired) electrons. The van der Waals surface area contributed by atoms with Crippen LogP contribution < -0.4 is 0 Å². The lowest BCUT2D eigenvalue weighted by Crippen LogP contribution is -2.46. The van der Waals surface area contributed by atoms with Crippen molar-refractivity contribution in [1.82, 2.24) is 14.9 Å². The molecule has 5 nitrogen and oxygen atoms in total. The number of piperidine rings is 1. The number of aromatic amines is 1. The number of aryl methyl sites for hydroxylation is 1. The normalized spacial score (nSPS) is 21.1. The van der Waals surface area contributed by atoms with Crippen molar-refractivity contribution in [2.45, 2.75) is 38.1 Å². The molecule has 0 spiro atoms. The van der Waals surface area contributed by atoms with E-state index < -0.39 is 0 Å². The van der Waals surface area contributed by atoms with E-state index in [1.807, 2.05) is 25.1 Å². The summed E-state index contributed by atoms with van der Waals surface area (Å²) in [6.07, 6.45) is 4.76. The average molecular weight is 358 g/mol. The lowest BCUT2D eigenvalue weighted by Gasteiger charge is -2.38. The number of hydrogen-bond donors (Lipinski definition) is 1. The quantitative estimate of drug-likeness (QED) is 0.700. The van der Waals surface area contributed by atoms with Gasteiger partial charge in [-0.25, -0.2) is 4.98 Å². The molecule has 3 aromatic rings. The standard InChI is InChI=1S/C22H22N4O/c1-13-8-15(9-19-21(13)25-12-24-19)22(27)26-7-3-4-17-18-11-16(23-2)6-5-14(18)10-20(17)26/h5-6,8-9,11-12,17,20H,2-4,7,10H2,1H3,(H,24,25)/t17-,20+/m1/s1. The fourth-order valence-corrected chi connectivity index (χ4v) is 4.88. The minimum absolute atomic E-state index is 0.124. The number of imidazole rings is 1. The van der Waals surface area contributed by atoms with Crippen molar-refractivity contribution in [3.8, 4) is 0 Å². The number of H-pyrrole nitrogens is 1. The van der Waals surface area contributed by atoms with Crippen LogP contribution in [-0.4, -0.2) is 40.1 Å². The van der Waals surface area contributed by atoms with Crippen LogP contribution in [0.5, 0.6) is 0 Å². The van der Waals surface area contributed by atoms with Gasteiger partial charge in [0.15, 0.2) is 0 Å². The minimum atomic E-state index is 0.124. The number of benzene rings is 2. The first-order valence-electron chi connectivity index (χ1n) is 9.50. The van der Waals surface area contributed by atoms with Gasteiger partial charge in [0, 0.05) is 24.1 Å². The first-order chi connectivity index (χ1) is 13.2. The summed E-state index contributed by atoms with van der Waals surface area (Å²) in [4.78, 5) is 27.0. The highest BCUT2D eigenvalue weighted by atomic mass is 16.2. The molecule has 1 aliphatic heterocycles. The highest BCUT2D eigenvalue weighted by molar-refractivity contribution is 5.98. The number of likely N-dealkylation sites (tertiary alicyclic amines) is 1. The Kier molecular flexibility index (Phi) is 3.64. The zero-order valence-electron chi connectivity index (χ0n) is 15.4. The van der Waals surface area contributed by atoms with Crippen molar-refractivity contribution in [1.29, 1.82) is 0 Å². The third kappa shape index (κ3) is 2.49. The van der Waals surface area contributed by atoms with Gasteiger partial charge in [0.05, 0.1) is 23.0 Å². The molecule has 1 N–H and O–H groups in total. The summed E-state index contributed by atoms with van der Waals surface area (Å²) >= 11 is 0. The molecule has 27 heavy (non-hydrogen) atoms. The molecule has 0 bridgehead atoms. The Morgan fingerprint density at radius 1 is 1.33 bits per heavy atom. The molecule has 1 fully saturated rings. The minimum Gasteiger partial charge on any atom is -0.345 e. The van der Waals surface area contributed by atoms with E-state index in [1.165, 1.54) is 11.1 Å². The Labute approximate surface area is 158 Å². The van der Waals surface area contributed by atoms with Gasteiger partial charge in [0.1, 0.15) is 0 Å². The van der Waals surface area contributed by atoms with Crippen molar-refractivity contribution >= 4 is 29.3 Å². The third-order valence-corrected chi connectivity index (χ3v) is 6.14. The molecule has 2 atom stereocenters. The summed E-state index contributed by atoms with van der Waals surface area (Å²) in [5, 5.41) is 0. The van der Waals surface area contributed by atoms with Crippen molar-refractivity contribution in [3.05, 3.63) is 58.9 Å². The van der Waals surface area contributed by atoms with Gasteiger partial charge in [-0.05, 0) is 73.9 Å². The molecule has 1 saturated heterocycles. The number of hydrogen-bond acceptors (Lipinski definition) is 3. The third-order valence-electron chi connectivity index (χ3n) is 6.14.